The Morgan fingerprint density at radius 2 is 2.00 bits per heavy atom. The Morgan fingerprint density at radius 1 is 1.29 bits per heavy atom. The normalized spacial score (nSPS) is 15.6. The lowest BCUT2D eigenvalue weighted by Gasteiger charge is -2.22. The second-order valence-corrected chi connectivity index (χ2v) is 7.61. The number of nitrogens with zero attached hydrogens (tertiary/aromatic N) is 1. The largest absolute Gasteiger partial charge is 0.313 e. The summed E-state index contributed by atoms with van der Waals surface area (Å²) < 4.78 is 27.4. The standard InChI is InChI=1S/C16H26N2O2S/c1-4-10-18(15-7-8-15)21(19,20)16-9-6-13(3)14(11-16)12-17-5-2/h6,9,11,15,17H,4-5,7-8,10,12H2,1-3H3. The molecule has 0 aromatic heterocycles. The minimum absolute atomic E-state index is 0.216. The monoisotopic (exact) mass is 310 g/mol. The van der Waals surface area contributed by atoms with E-state index >= 15 is 0 Å². The summed E-state index contributed by atoms with van der Waals surface area (Å²) in [5.41, 5.74) is 2.19. The molecule has 21 heavy (non-hydrogen) atoms. The number of hydrogen-bond acceptors (Lipinski definition) is 3. The molecule has 0 radical (unpaired) electrons. The smallest absolute Gasteiger partial charge is 0.243 e. The van der Waals surface area contributed by atoms with Gasteiger partial charge in [-0.25, -0.2) is 8.42 Å². The minimum Gasteiger partial charge on any atom is -0.313 e. The maximum atomic E-state index is 12.8. The number of sulfonamides is 1. The maximum Gasteiger partial charge on any atom is 0.243 e. The second kappa shape index (κ2) is 6.90. The first kappa shape index (κ1) is 16.5. The van der Waals surface area contributed by atoms with Gasteiger partial charge in [0.1, 0.15) is 0 Å². The van der Waals surface area contributed by atoms with Gasteiger partial charge < -0.3 is 5.32 Å². The molecule has 0 amide bonds. The number of rotatable bonds is 8. The van der Waals surface area contributed by atoms with Crippen molar-refractivity contribution in [3.63, 3.8) is 0 Å². The fraction of sp³-hybridized carbons (Fsp3) is 0.625. The topological polar surface area (TPSA) is 49.4 Å². The summed E-state index contributed by atoms with van der Waals surface area (Å²) in [5, 5.41) is 3.27. The minimum atomic E-state index is -3.36. The third kappa shape index (κ3) is 3.84. The van der Waals surface area contributed by atoms with Gasteiger partial charge in [0.25, 0.3) is 0 Å². The van der Waals surface area contributed by atoms with Crippen LogP contribution < -0.4 is 5.32 Å². The van der Waals surface area contributed by atoms with Crippen LogP contribution in [0.2, 0.25) is 0 Å². The number of hydrogen-bond donors (Lipinski definition) is 1. The van der Waals surface area contributed by atoms with Crippen LogP contribution >= 0.6 is 0 Å². The van der Waals surface area contributed by atoms with Gasteiger partial charge in [0.2, 0.25) is 10.0 Å². The van der Waals surface area contributed by atoms with E-state index in [4.69, 9.17) is 0 Å². The molecular weight excluding hydrogens is 284 g/mol. The molecule has 1 aliphatic carbocycles. The molecule has 5 heteroatoms. The predicted octanol–water partition coefficient (Wildman–Crippen LogP) is 2.67. The Labute approximate surface area is 128 Å². The van der Waals surface area contributed by atoms with Crippen LogP contribution in [-0.2, 0) is 16.6 Å². The number of aryl methyl sites for hydroxylation is 1. The fourth-order valence-corrected chi connectivity index (χ4v) is 4.30. The van der Waals surface area contributed by atoms with Crippen molar-refractivity contribution in [2.24, 2.45) is 0 Å². The molecule has 1 saturated carbocycles. The molecule has 1 aromatic rings. The van der Waals surface area contributed by atoms with E-state index in [9.17, 15) is 8.42 Å². The molecule has 0 unspecified atom stereocenters. The molecule has 0 atom stereocenters. The lowest BCUT2D eigenvalue weighted by Crippen LogP contribution is -2.34. The van der Waals surface area contributed by atoms with Crippen molar-refractivity contribution in [2.75, 3.05) is 13.1 Å². The van der Waals surface area contributed by atoms with Gasteiger partial charge in [0, 0.05) is 19.1 Å². The van der Waals surface area contributed by atoms with E-state index in [0.29, 0.717) is 18.0 Å². The number of nitrogens with one attached hydrogen (secondary N) is 1. The van der Waals surface area contributed by atoms with Crippen molar-refractivity contribution in [1.29, 1.82) is 0 Å². The Hall–Kier alpha value is -0.910. The lowest BCUT2D eigenvalue weighted by molar-refractivity contribution is 0.403. The Bertz CT molecular complexity index is 580. The van der Waals surface area contributed by atoms with Gasteiger partial charge >= 0.3 is 0 Å². The van der Waals surface area contributed by atoms with Gasteiger partial charge in [0.15, 0.2) is 0 Å². The SMILES string of the molecule is CCCN(C1CC1)S(=O)(=O)c1ccc(C)c(CNCC)c1. The van der Waals surface area contributed by atoms with Gasteiger partial charge in [0.05, 0.1) is 4.90 Å². The van der Waals surface area contributed by atoms with Crippen molar-refractivity contribution >= 4 is 10.0 Å². The summed E-state index contributed by atoms with van der Waals surface area (Å²) in [7, 11) is -3.36. The third-order valence-corrected chi connectivity index (χ3v) is 5.84. The van der Waals surface area contributed by atoms with Crippen molar-refractivity contribution in [2.45, 2.75) is 57.5 Å². The molecule has 1 fully saturated rings. The maximum absolute atomic E-state index is 12.8. The molecule has 0 saturated heterocycles. The zero-order valence-corrected chi connectivity index (χ0v) is 14.0. The van der Waals surface area contributed by atoms with Crippen LogP contribution in [0.4, 0.5) is 0 Å². The van der Waals surface area contributed by atoms with E-state index in [2.05, 4.69) is 5.32 Å². The van der Waals surface area contributed by atoms with Crippen molar-refractivity contribution < 1.29 is 8.42 Å². The Balaban J connectivity index is 2.30. The highest BCUT2D eigenvalue weighted by atomic mass is 32.2. The van der Waals surface area contributed by atoms with Crippen LogP contribution in [-0.4, -0.2) is 31.9 Å². The quantitative estimate of drug-likeness (QED) is 0.803. The molecule has 1 aliphatic rings. The van der Waals surface area contributed by atoms with Crippen LogP contribution in [0, 0.1) is 6.92 Å². The highest BCUT2D eigenvalue weighted by molar-refractivity contribution is 7.89. The molecular formula is C16H26N2O2S. The zero-order valence-electron chi connectivity index (χ0n) is 13.2. The summed E-state index contributed by atoms with van der Waals surface area (Å²) in [6.07, 6.45) is 2.84. The van der Waals surface area contributed by atoms with E-state index in [1.165, 1.54) is 0 Å². The molecule has 0 aliphatic heterocycles. The van der Waals surface area contributed by atoms with Gasteiger partial charge in [-0.3, -0.25) is 0 Å². The summed E-state index contributed by atoms with van der Waals surface area (Å²) in [6, 6.07) is 5.70. The summed E-state index contributed by atoms with van der Waals surface area (Å²) >= 11 is 0. The third-order valence-electron chi connectivity index (χ3n) is 3.89. The van der Waals surface area contributed by atoms with Gasteiger partial charge in [-0.1, -0.05) is 19.9 Å². The molecule has 118 valence electrons. The Kier molecular flexibility index (Phi) is 5.41. The molecule has 1 aromatic carbocycles. The van der Waals surface area contributed by atoms with Crippen LogP contribution in [0.5, 0.6) is 0 Å². The molecule has 2 rings (SSSR count). The van der Waals surface area contributed by atoms with Crippen molar-refractivity contribution in [3.05, 3.63) is 29.3 Å². The Morgan fingerprint density at radius 3 is 2.57 bits per heavy atom. The van der Waals surface area contributed by atoms with Crippen LogP contribution in [0.3, 0.4) is 0 Å². The fourth-order valence-electron chi connectivity index (χ4n) is 2.48. The van der Waals surface area contributed by atoms with Crippen LogP contribution in [0.1, 0.15) is 44.2 Å². The first-order chi connectivity index (χ1) is 10.0. The molecule has 0 spiro atoms. The molecule has 0 bridgehead atoms. The first-order valence-corrected chi connectivity index (χ1v) is 9.26. The van der Waals surface area contributed by atoms with Crippen LogP contribution in [0.15, 0.2) is 23.1 Å². The van der Waals surface area contributed by atoms with Crippen LogP contribution in [0.25, 0.3) is 0 Å². The van der Waals surface area contributed by atoms with E-state index < -0.39 is 10.0 Å². The first-order valence-electron chi connectivity index (χ1n) is 7.82. The lowest BCUT2D eigenvalue weighted by atomic mass is 10.1. The highest BCUT2D eigenvalue weighted by Crippen LogP contribution is 2.32. The average molecular weight is 310 g/mol. The van der Waals surface area contributed by atoms with E-state index in [-0.39, 0.29) is 6.04 Å². The summed E-state index contributed by atoms with van der Waals surface area (Å²) in [5.74, 6) is 0. The predicted molar refractivity (Wildman–Crippen MR) is 85.8 cm³/mol. The number of benzene rings is 1. The van der Waals surface area contributed by atoms with Gasteiger partial charge in [-0.15, -0.1) is 0 Å². The molecule has 0 heterocycles. The molecule has 4 nitrogen and oxygen atoms in total. The summed E-state index contributed by atoms with van der Waals surface area (Å²) in [6.45, 7) is 8.29. The highest BCUT2D eigenvalue weighted by Gasteiger charge is 2.37. The van der Waals surface area contributed by atoms with Crippen molar-refractivity contribution in [1.82, 2.24) is 9.62 Å². The zero-order chi connectivity index (χ0) is 15.5. The summed E-state index contributed by atoms with van der Waals surface area (Å²) in [4.78, 5) is 0.432. The van der Waals surface area contributed by atoms with Crippen molar-refractivity contribution in [3.8, 4) is 0 Å². The van der Waals surface area contributed by atoms with E-state index in [1.54, 1.807) is 10.4 Å². The van der Waals surface area contributed by atoms with E-state index in [0.717, 1.165) is 36.9 Å². The molecule has 1 N–H and O–H groups in total. The van der Waals surface area contributed by atoms with E-state index in [1.807, 2.05) is 32.9 Å². The average Bonchev–Trinajstić information content (AvgIpc) is 3.28. The second-order valence-electron chi connectivity index (χ2n) is 5.72. The van der Waals surface area contributed by atoms with Gasteiger partial charge in [-0.05, 0) is 56.0 Å². The van der Waals surface area contributed by atoms with Gasteiger partial charge in [-0.2, -0.15) is 4.31 Å².